The zero-order valence-corrected chi connectivity index (χ0v) is 17.4. The van der Waals surface area contributed by atoms with Crippen molar-refractivity contribution >= 4 is 17.8 Å². The number of β-lactam (4-membered cyclic amide) rings is 1. The van der Waals surface area contributed by atoms with E-state index in [9.17, 15) is 34.5 Å². The molecule has 0 bridgehead atoms. The summed E-state index contributed by atoms with van der Waals surface area (Å²) >= 11 is 0. The number of aromatic hydroxyl groups is 1. The molecule has 3 rings (SSSR count). The maximum atomic E-state index is 12.4. The highest BCUT2D eigenvalue weighted by Crippen LogP contribution is 2.47. The quantitative estimate of drug-likeness (QED) is 0.379. The molecule has 4 N–H and O–H groups in total. The molecule has 0 saturated carbocycles. The van der Waals surface area contributed by atoms with Gasteiger partial charge < -0.3 is 30.0 Å². The zero-order chi connectivity index (χ0) is 23.0. The van der Waals surface area contributed by atoms with Crippen molar-refractivity contribution in [1.82, 2.24) is 15.1 Å². The lowest BCUT2D eigenvalue weighted by atomic mass is 9.77. The van der Waals surface area contributed by atoms with Crippen LogP contribution in [-0.2, 0) is 20.9 Å². The Morgan fingerprint density at radius 3 is 2.61 bits per heavy atom. The topological polar surface area (TPSA) is 161 Å². The van der Waals surface area contributed by atoms with Gasteiger partial charge in [-0.05, 0) is 19.5 Å². The van der Waals surface area contributed by atoms with E-state index in [2.05, 4.69) is 5.32 Å². The van der Waals surface area contributed by atoms with Crippen molar-refractivity contribution in [2.45, 2.75) is 32.5 Å². The number of carboxylic acid groups (broad SMARTS) is 1. The van der Waals surface area contributed by atoms with Gasteiger partial charge in [0, 0.05) is 18.5 Å². The first kappa shape index (κ1) is 22.5. The number of nitrogens with zero attached hydrogens (tertiary/aromatic N) is 2. The minimum atomic E-state index is -1.22. The third-order valence-electron chi connectivity index (χ3n) is 5.70. The van der Waals surface area contributed by atoms with Crippen LogP contribution >= 0.6 is 0 Å². The summed E-state index contributed by atoms with van der Waals surface area (Å²) in [6.07, 6.45) is 0.0111. The summed E-state index contributed by atoms with van der Waals surface area (Å²) in [4.78, 5) is 50.7. The van der Waals surface area contributed by atoms with Crippen LogP contribution in [0.1, 0.15) is 19.6 Å². The molecule has 0 aliphatic carbocycles. The summed E-state index contributed by atoms with van der Waals surface area (Å²) in [5, 5.41) is 31.3. The molecule has 11 nitrogen and oxygen atoms in total. The van der Waals surface area contributed by atoms with Crippen molar-refractivity contribution < 1.29 is 34.1 Å². The van der Waals surface area contributed by atoms with E-state index in [1.54, 1.807) is 11.9 Å². The van der Waals surface area contributed by atoms with Crippen molar-refractivity contribution in [3.8, 4) is 5.75 Å². The second-order valence-electron chi connectivity index (χ2n) is 7.98. The Bertz CT molecular complexity index is 998. The normalized spacial score (nSPS) is 23.6. The summed E-state index contributed by atoms with van der Waals surface area (Å²) < 4.78 is 5.02. The number of likely N-dealkylation sites (N-methyl/N-ethyl adjacent to an activating group) is 1. The maximum Gasteiger partial charge on any atom is 0.352 e. The molecule has 0 spiro atoms. The maximum absolute atomic E-state index is 12.4. The molecule has 4 atom stereocenters. The van der Waals surface area contributed by atoms with Gasteiger partial charge in [-0.3, -0.25) is 19.3 Å². The van der Waals surface area contributed by atoms with E-state index >= 15 is 0 Å². The van der Waals surface area contributed by atoms with E-state index in [-0.39, 0.29) is 42.9 Å². The fourth-order valence-corrected chi connectivity index (χ4v) is 4.22. The van der Waals surface area contributed by atoms with E-state index in [1.807, 2.05) is 6.92 Å². The molecule has 1 saturated heterocycles. The summed E-state index contributed by atoms with van der Waals surface area (Å²) in [6.45, 7) is 3.35. The average Bonchev–Trinajstić information content (AvgIpc) is 2.91. The van der Waals surface area contributed by atoms with Crippen LogP contribution in [0.25, 0.3) is 0 Å². The van der Waals surface area contributed by atoms with Crippen molar-refractivity contribution in [3.63, 3.8) is 0 Å². The van der Waals surface area contributed by atoms with Crippen LogP contribution < -0.4 is 10.7 Å². The molecule has 2 aliphatic rings. The van der Waals surface area contributed by atoms with Gasteiger partial charge in [0.15, 0.2) is 5.75 Å². The van der Waals surface area contributed by atoms with Gasteiger partial charge in [0.1, 0.15) is 17.7 Å². The van der Waals surface area contributed by atoms with Gasteiger partial charge in [0.25, 0.3) is 0 Å². The van der Waals surface area contributed by atoms with Crippen LogP contribution in [0.3, 0.4) is 0 Å². The van der Waals surface area contributed by atoms with Gasteiger partial charge in [-0.15, -0.1) is 0 Å². The molecule has 2 amide bonds. The van der Waals surface area contributed by atoms with Crippen LogP contribution in [-0.4, -0.2) is 75.2 Å². The number of carboxylic acids is 1. The predicted octanol–water partition coefficient (Wildman–Crippen LogP) is -0.910. The van der Waals surface area contributed by atoms with Crippen LogP contribution in [0.4, 0.5) is 0 Å². The molecule has 1 fully saturated rings. The molecule has 3 heterocycles. The summed E-state index contributed by atoms with van der Waals surface area (Å²) in [7, 11) is 1.64. The SMILES string of the molecule is C[C@@H](O)[C@H]1C(=O)N2C(C(=O)O)=C(CN(C)CC(=O)NCc3cc(=O)c(O)co3)[C@H](C)[C@H]12. The zero-order valence-electron chi connectivity index (χ0n) is 17.4. The number of aliphatic hydroxyl groups excluding tert-OH is 1. The Hall–Kier alpha value is -3.18. The van der Waals surface area contributed by atoms with Gasteiger partial charge >= 0.3 is 5.97 Å². The monoisotopic (exact) mass is 435 g/mol. The average molecular weight is 435 g/mol. The third kappa shape index (κ3) is 4.19. The van der Waals surface area contributed by atoms with Gasteiger partial charge in [-0.2, -0.15) is 0 Å². The van der Waals surface area contributed by atoms with Crippen LogP contribution in [0, 0.1) is 11.8 Å². The summed E-state index contributed by atoms with van der Waals surface area (Å²) in [6, 6.07) is 0.664. The predicted molar refractivity (Wildman–Crippen MR) is 106 cm³/mol. The number of fused-ring (bicyclic) bond motifs is 1. The van der Waals surface area contributed by atoms with Crippen molar-refractivity contribution in [2.75, 3.05) is 20.1 Å². The molecule has 0 unspecified atom stereocenters. The van der Waals surface area contributed by atoms with Gasteiger partial charge in [-0.25, -0.2) is 4.79 Å². The van der Waals surface area contributed by atoms with Gasteiger partial charge in [-0.1, -0.05) is 6.92 Å². The van der Waals surface area contributed by atoms with Crippen LogP contribution in [0.2, 0.25) is 0 Å². The van der Waals surface area contributed by atoms with E-state index < -0.39 is 41.1 Å². The third-order valence-corrected chi connectivity index (χ3v) is 5.70. The number of amides is 2. The Kier molecular flexibility index (Phi) is 6.18. The number of hydrogen-bond donors (Lipinski definition) is 4. The molecule has 1 aromatic rings. The van der Waals surface area contributed by atoms with Crippen LogP contribution in [0.15, 0.2) is 32.8 Å². The van der Waals surface area contributed by atoms with Crippen molar-refractivity contribution in [2.24, 2.45) is 11.8 Å². The lowest BCUT2D eigenvalue weighted by Crippen LogP contribution is -2.63. The molecular formula is C20H25N3O8. The fraction of sp³-hybridized carbons (Fsp3) is 0.500. The Morgan fingerprint density at radius 1 is 1.35 bits per heavy atom. The van der Waals surface area contributed by atoms with E-state index in [1.165, 1.54) is 11.8 Å². The Labute approximate surface area is 177 Å². The second-order valence-corrected chi connectivity index (χ2v) is 7.98. The first-order valence-electron chi connectivity index (χ1n) is 9.76. The molecular weight excluding hydrogens is 410 g/mol. The highest BCUT2D eigenvalue weighted by Gasteiger charge is 2.59. The lowest BCUT2D eigenvalue weighted by Gasteiger charge is -2.46. The fourth-order valence-electron chi connectivity index (χ4n) is 4.22. The molecule has 168 valence electrons. The minimum absolute atomic E-state index is 0.0535. The van der Waals surface area contributed by atoms with E-state index in [4.69, 9.17) is 4.42 Å². The van der Waals surface area contributed by atoms with E-state index in [0.29, 0.717) is 5.57 Å². The van der Waals surface area contributed by atoms with Crippen LogP contribution in [0.5, 0.6) is 5.75 Å². The standard InChI is InChI=1S/C20H25N3O8/c1-9-12(18(20(29)30)23-17(9)16(10(2)24)19(23)28)6-22(3)7-15(27)21-5-11-4-13(25)14(26)8-31-11/h4,8-10,16-17,24,26H,5-7H2,1-3H3,(H,21,27)(H,29,30)/t9-,10+,16+,17+/m0/s1. The minimum Gasteiger partial charge on any atom is -0.502 e. The molecule has 2 aliphatic heterocycles. The summed E-state index contributed by atoms with van der Waals surface area (Å²) in [5.74, 6) is -3.29. The van der Waals surface area contributed by atoms with Crippen molar-refractivity contribution in [1.29, 1.82) is 0 Å². The first-order valence-corrected chi connectivity index (χ1v) is 9.76. The number of nitrogens with one attached hydrogen (secondary N) is 1. The molecule has 1 aromatic heterocycles. The molecule has 0 radical (unpaired) electrons. The number of rotatable bonds is 8. The number of aliphatic carboxylic acids is 1. The number of carbonyl (C=O) groups excluding carboxylic acids is 2. The van der Waals surface area contributed by atoms with Crippen molar-refractivity contribution in [3.05, 3.63) is 39.6 Å². The summed E-state index contributed by atoms with van der Waals surface area (Å²) in [5.41, 5.74) is -0.183. The number of aliphatic hydroxyl groups is 1. The molecule has 11 heteroatoms. The van der Waals surface area contributed by atoms with Gasteiger partial charge in [0.05, 0.1) is 31.2 Å². The highest BCUT2D eigenvalue weighted by atomic mass is 16.4. The highest BCUT2D eigenvalue weighted by molar-refractivity contribution is 6.00. The smallest absolute Gasteiger partial charge is 0.352 e. The second kappa shape index (κ2) is 8.52. The first-order chi connectivity index (χ1) is 14.5. The molecule has 0 aromatic carbocycles. The Morgan fingerprint density at radius 2 is 2.03 bits per heavy atom. The number of carbonyl (C=O) groups is 3. The largest absolute Gasteiger partial charge is 0.502 e. The van der Waals surface area contributed by atoms with E-state index in [0.717, 1.165) is 12.3 Å². The van der Waals surface area contributed by atoms with Gasteiger partial charge in [0.2, 0.25) is 17.2 Å². The molecule has 31 heavy (non-hydrogen) atoms. The Balaban J connectivity index is 1.63. The number of hydrogen-bond acceptors (Lipinski definition) is 8. The lowest BCUT2D eigenvalue weighted by molar-refractivity contribution is -0.163.